The molecule has 0 bridgehead atoms. The van der Waals surface area contributed by atoms with Crippen LogP contribution in [0.5, 0.6) is 0 Å². The Morgan fingerprint density at radius 2 is 1.50 bits per heavy atom. The lowest BCUT2D eigenvalue weighted by Crippen LogP contribution is -2.50. The van der Waals surface area contributed by atoms with Gasteiger partial charge in [0.1, 0.15) is 0 Å². The lowest BCUT2D eigenvalue weighted by molar-refractivity contribution is 0.0970. The lowest BCUT2D eigenvalue weighted by Gasteiger charge is -2.43. The summed E-state index contributed by atoms with van der Waals surface area (Å²) in [6.07, 6.45) is 2.29. The monoisotopic (exact) mass is 425 g/mol. The first-order valence-electron chi connectivity index (χ1n) is 10.6. The normalized spacial score (nSPS) is 18.9. The van der Waals surface area contributed by atoms with Crippen molar-refractivity contribution < 1.29 is 4.79 Å². The number of amides is 1. The summed E-state index contributed by atoms with van der Waals surface area (Å²) in [7, 11) is 0. The van der Waals surface area contributed by atoms with Crippen LogP contribution in [-0.4, -0.2) is 60.5 Å². The molecule has 1 amide bonds. The van der Waals surface area contributed by atoms with E-state index in [1.807, 2.05) is 41.3 Å². The molecule has 4 rings (SSSR count). The van der Waals surface area contributed by atoms with Crippen molar-refractivity contribution in [3.05, 3.63) is 71.8 Å². The van der Waals surface area contributed by atoms with Gasteiger partial charge in [-0.3, -0.25) is 14.6 Å². The summed E-state index contributed by atoms with van der Waals surface area (Å²) in [5, 5.41) is 0. The smallest absolute Gasteiger partial charge is 0.259 e. The number of likely N-dealkylation sites (N-methyl/N-ethyl adjacent to an activating group) is 1. The number of piperazine rings is 1. The molecule has 5 heteroatoms. The van der Waals surface area contributed by atoms with E-state index in [2.05, 4.69) is 54.8 Å². The number of rotatable bonds is 4. The maximum absolute atomic E-state index is 13.4. The summed E-state index contributed by atoms with van der Waals surface area (Å²) >= 11 is 0. The molecule has 2 heterocycles. The van der Waals surface area contributed by atoms with Crippen molar-refractivity contribution in [2.75, 3.05) is 44.2 Å². The van der Waals surface area contributed by atoms with E-state index < -0.39 is 0 Å². The van der Waals surface area contributed by atoms with Crippen LogP contribution >= 0.6 is 12.4 Å². The number of hydrogen-bond donors (Lipinski definition) is 0. The number of nitrogens with zero attached hydrogens (tertiary/aromatic N) is 3. The van der Waals surface area contributed by atoms with Crippen molar-refractivity contribution in [3.8, 4) is 0 Å². The minimum Gasteiger partial charge on any atom is -0.301 e. The van der Waals surface area contributed by atoms with Crippen LogP contribution in [0.1, 0.15) is 36.7 Å². The second-order valence-corrected chi connectivity index (χ2v) is 8.56. The molecule has 0 spiro atoms. The van der Waals surface area contributed by atoms with Crippen LogP contribution in [0.15, 0.2) is 60.7 Å². The average molecular weight is 426 g/mol. The minimum absolute atomic E-state index is 0. The molecule has 0 radical (unpaired) electrons. The van der Waals surface area contributed by atoms with Crippen LogP contribution in [0.2, 0.25) is 0 Å². The molecule has 0 saturated carbocycles. The molecule has 1 fully saturated rings. The van der Waals surface area contributed by atoms with E-state index in [4.69, 9.17) is 0 Å². The second kappa shape index (κ2) is 9.34. The first-order valence-corrected chi connectivity index (χ1v) is 10.6. The minimum atomic E-state index is -0.387. The van der Waals surface area contributed by atoms with Gasteiger partial charge in [0.15, 0.2) is 0 Å². The second-order valence-electron chi connectivity index (χ2n) is 8.56. The Bertz CT molecular complexity index is 902. The van der Waals surface area contributed by atoms with Crippen molar-refractivity contribution in [3.63, 3.8) is 0 Å². The van der Waals surface area contributed by atoms with Gasteiger partial charge in [-0.15, -0.1) is 12.4 Å². The fraction of sp³-hybridized carbons (Fsp3) is 0.400. The number of para-hydroxylation sites is 1. The predicted octanol–water partition coefficient (Wildman–Crippen LogP) is 4.57. The molecule has 2 aliphatic rings. The molecule has 2 aromatic rings. The quantitative estimate of drug-likeness (QED) is 0.717. The molecule has 4 nitrogen and oxygen atoms in total. The number of fused-ring (bicyclic) bond motifs is 1. The molecule has 2 aromatic carbocycles. The fourth-order valence-corrected chi connectivity index (χ4v) is 4.54. The maximum atomic E-state index is 13.4. The molecule has 2 aliphatic heterocycles. The topological polar surface area (TPSA) is 26.8 Å². The zero-order valence-electron chi connectivity index (χ0n) is 18.2. The third-order valence-electron chi connectivity index (χ3n) is 6.12. The number of halogens is 1. The summed E-state index contributed by atoms with van der Waals surface area (Å²) in [4.78, 5) is 20.4. The first-order chi connectivity index (χ1) is 14.0. The third kappa shape index (κ3) is 4.46. The Morgan fingerprint density at radius 3 is 2.17 bits per heavy atom. The molecule has 1 saturated heterocycles. The molecular formula is C25H32ClN3O. The summed E-state index contributed by atoms with van der Waals surface area (Å²) in [6, 6.07) is 17.9. The highest BCUT2D eigenvalue weighted by Crippen LogP contribution is 2.40. The molecule has 30 heavy (non-hydrogen) atoms. The predicted molar refractivity (Wildman–Crippen MR) is 128 cm³/mol. The maximum Gasteiger partial charge on any atom is 0.259 e. The lowest BCUT2D eigenvalue weighted by atomic mass is 9.87. The fourth-order valence-electron chi connectivity index (χ4n) is 4.54. The molecule has 0 N–H and O–H groups in total. The van der Waals surface area contributed by atoms with Gasteiger partial charge < -0.3 is 4.90 Å². The zero-order valence-corrected chi connectivity index (χ0v) is 19.0. The van der Waals surface area contributed by atoms with Gasteiger partial charge in [0.2, 0.25) is 0 Å². The van der Waals surface area contributed by atoms with E-state index in [1.54, 1.807) is 0 Å². The van der Waals surface area contributed by atoms with Gasteiger partial charge in [0.25, 0.3) is 5.91 Å². The standard InChI is InChI=1S/C25H31N3O.ClH/c1-4-26-14-16-27(17-15-26)19-21-18-25(2,3)28(23-13-9-8-12-22(21)23)24(29)20-10-6-5-7-11-20;/h5-13,18H,4,14-17,19H2,1-3H3;1H. The van der Waals surface area contributed by atoms with Gasteiger partial charge in [-0.25, -0.2) is 0 Å². The molecular weight excluding hydrogens is 394 g/mol. The van der Waals surface area contributed by atoms with Crippen LogP contribution < -0.4 is 4.90 Å². The van der Waals surface area contributed by atoms with Crippen molar-refractivity contribution >= 4 is 29.6 Å². The molecule has 0 aromatic heterocycles. The van der Waals surface area contributed by atoms with Gasteiger partial charge in [-0.05, 0) is 44.2 Å². The average Bonchev–Trinajstić information content (AvgIpc) is 2.74. The van der Waals surface area contributed by atoms with E-state index in [0.717, 1.165) is 50.5 Å². The van der Waals surface area contributed by atoms with Gasteiger partial charge in [-0.2, -0.15) is 0 Å². The van der Waals surface area contributed by atoms with Crippen LogP contribution in [0.25, 0.3) is 5.57 Å². The largest absolute Gasteiger partial charge is 0.301 e. The number of carbonyl (C=O) groups excluding carboxylic acids is 1. The summed E-state index contributed by atoms with van der Waals surface area (Å²) < 4.78 is 0. The Balaban J connectivity index is 0.00000256. The van der Waals surface area contributed by atoms with Gasteiger partial charge in [0.05, 0.1) is 11.2 Å². The van der Waals surface area contributed by atoms with Crippen LogP contribution in [-0.2, 0) is 0 Å². The van der Waals surface area contributed by atoms with E-state index >= 15 is 0 Å². The van der Waals surface area contributed by atoms with Gasteiger partial charge >= 0.3 is 0 Å². The van der Waals surface area contributed by atoms with E-state index in [9.17, 15) is 4.79 Å². The van der Waals surface area contributed by atoms with Crippen molar-refractivity contribution in [2.45, 2.75) is 26.3 Å². The van der Waals surface area contributed by atoms with Crippen molar-refractivity contribution in [1.82, 2.24) is 9.80 Å². The summed E-state index contributed by atoms with van der Waals surface area (Å²) in [6.45, 7) is 13.0. The Kier molecular flexibility index (Phi) is 7.02. The van der Waals surface area contributed by atoms with Crippen LogP contribution in [0.3, 0.4) is 0 Å². The Hall–Kier alpha value is -2.14. The summed E-state index contributed by atoms with van der Waals surface area (Å²) in [5.41, 5.74) is 3.85. The molecule has 0 unspecified atom stereocenters. The zero-order chi connectivity index (χ0) is 20.4. The number of anilines is 1. The van der Waals surface area contributed by atoms with E-state index in [1.165, 1.54) is 11.1 Å². The highest BCUT2D eigenvalue weighted by molar-refractivity contribution is 6.10. The van der Waals surface area contributed by atoms with E-state index in [0.29, 0.717) is 0 Å². The van der Waals surface area contributed by atoms with E-state index in [-0.39, 0.29) is 23.9 Å². The van der Waals surface area contributed by atoms with Gasteiger partial charge in [-0.1, -0.05) is 49.4 Å². The molecule has 0 atom stereocenters. The SMILES string of the molecule is CCN1CCN(CC2=CC(C)(C)N(C(=O)c3ccccc3)c3ccccc32)CC1.Cl. The van der Waals surface area contributed by atoms with Crippen LogP contribution in [0, 0.1) is 0 Å². The Morgan fingerprint density at radius 1 is 0.900 bits per heavy atom. The molecule has 160 valence electrons. The molecule has 0 aliphatic carbocycles. The Labute approximate surface area is 186 Å². The number of hydrogen-bond acceptors (Lipinski definition) is 3. The van der Waals surface area contributed by atoms with Gasteiger partial charge in [0, 0.05) is 43.9 Å². The highest BCUT2D eigenvalue weighted by atomic mass is 35.5. The summed E-state index contributed by atoms with van der Waals surface area (Å²) in [5.74, 6) is 0.0508. The van der Waals surface area contributed by atoms with Crippen molar-refractivity contribution in [2.24, 2.45) is 0 Å². The highest BCUT2D eigenvalue weighted by Gasteiger charge is 2.37. The first kappa shape index (κ1) is 22.5. The van der Waals surface area contributed by atoms with Crippen LogP contribution in [0.4, 0.5) is 5.69 Å². The number of benzene rings is 2. The van der Waals surface area contributed by atoms with Crippen molar-refractivity contribution in [1.29, 1.82) is 0 Å². The third-order valence-corrected chi connectivity index (χ3v) is 6.12. The number of carbonyl (C=O) groups is 1.